The van der Waals surface area contributed by atoms with Gasteiger partial charge in [0.15, 0.2) is 0 Å². The Balaban J connectivity index is 1.68. The predicted molar refractivity (Wildman–Crippen MR) is 75.1 cm³/mol. The van der Waals surface area contributed by atoms with E-state index in [2.05, 4.69) is 10.6 Å². The maximum atomic E-state index is 11.8. The Labute approximate surface area is 111 Å². The van der Waals surface area contributed by atoms with Gasteiger partial charge in [0.1, 0.15) is 6.23 Å². The van der Waals surface area contributed by atoms with Crippen LogP contribution in [0.1, 0.15) is 12.8 Å². The first-order valence-electron chi connectivity index (χ1n) is 6.49. The summed E-state index contributed by atoms with van der Waals surface area (Å²) >= 11 is 0. The van der Waals surface area contributed by atoms with Gasteiger partial charge in [-0.3, -0.25) is 0 Å². The predicted octanol–water partition coefficient (Wildman–Crippen LogP) is 3.10. The zero-order chi connectivity index (χ0) is 13.1. The van der Waals surface area contributed by atoms with Gasteiger partial charge in [0, 0.05) is 12.3 Å². The lowest BCUT2D eigenvalue weighted by molar-refractivity contribution is 0.0928. The van der Waals surface area contributed by atoms with Gasteiger partial charge >= 0.3 is 6.03 Å². The normalized spacial score (nSPS) is 18.4. The van der Waals surface area contributed by atoms with E-state index in [9.17, 15) is 4.79 Å². The number of nitrogens with one attached hydrogen (secondary N) is 2. The molecule has 98 valence electrons. The van der Waals surface area contributed by atoms with E-state index in [4.69, 9.17) is 4.74 Å². The Morgan fingerprint density at radius 1 is 1.16 bits per heavy atom. The van der Waals surface area contributed by atoms with Crippen LogP contribution in [0.15, 0.2) is 42.5 Å². The molecule has 1 aliphatic heterocycles. The van der Waals surface area contributed by atoms with Crippen molar-refractivity contribution in [1.29, 1.82) is 0 Å². The van der Waals surface area contributed by atoms with Crippen molar-refractivity contribution in [1.82, 2.24) is 5.32 Å². The lowest BCUT2D eigenvalue weighted by atomic mass is 10.1. The number of rotatable bonds is 2. The van der Waals surface area contributed by atoms with Crippen molar-refractivity contribution in [2.75, 3.05) is 11.9 Å². The van der Waals surface area contributed by atoms with Crippen LogP contribution in [0.4, 0.5) is 10.5 Å². The van der Waals surface area contributed by atoms with Crippen molar-refractivity contribution in [2.24, 2.45) is 0 Å². The van der Waals surface area contributed by atoms with Crippen LogP contribution in [0.3, 0.4) is 0 Å². The SMILES string of the molecule is O=C(Nc1ccc2ccccc2c1)NC1CCCO1. The molecule has 1 unspecified atom stereocenters. The molecule has 2 aromatic rings. The molecule has 19 heavy (non-hydrogen) atoms. The number of fused-ring (bicyclic) bond motifs is 1. The molecular weight excluding hydrogens is 240 g/mol. The average molecular weight is 256 g/mol. The first kappa shape index (κ1) is 12.0. The van der Waals surface area contributed by atoms with E-state index < -0.39 is 0 Å². The number of urea groups is 1. The Morgan fingerprint density at radius 2 is 2.00 bits per heavy atom. The Bertz CT molecular complexity index is 591. The minimum atomic E-state index is -0.220. The fraction of sp³-hybridized carbons (Fsp3) is 0.267. The van der Waals surface area contributed by atoms with Crippen LogP contribution in [0.5, 0.6) is 0 Å². The van der Waals surface area contributed by atoms with E-state index in [1.807, 2.05) is 42.5 Å². The summed E-state index contributed by atoms with van der Waals surface area (Å²) in [6.45, 7) is 0.723. The van der Waals surface area contributed by atoms with E-state index in [0.717, 1.165) is 35.9 Å². The third-order valence-electron chi connectivity index (χ3n) is 3.23. The first-order valence-corrected chi connectivity index (χ1v) is 6.49. The topological polar surface area (TPSA) is 50.4 Å². The maximum absolute atomic E-state index is 11.8. The summed E-state index contributed by atoms with van der Waals surface area (Å²) < 4.78 is 5.36. The van der Waals surface area contributed by atoms with Crippen molar-refractivity contribution in [3.05, 3.63) is 42.5 Å². The molecular formula is C15H16N2O2. The van der Waals surface area contributed by atoms with E-state index in [1.54, 1.807) is 0 Å². The molecule has 1 heterocycles. The number of anilines is 1. The zero-order valence-electron chi connectivity index (χ0n) is 10.6. The van der Waals surface area contributed by atoms with Gasteiger partial charge in [0.25, 0.3) is 0 Å². The highest BCUT2D eigenvalue weighted by Crippen LogP contribution is 2.18. The molecule has 0 spiro atoms. The number of amides is 2. The minimum Gasteiger partial charge on any atom is -0.358 e. The third-order valence-corrected chi connectivity index (χ3v) is 3.23. The van der Waals surface area contributed by atoms with E-state index in [0.29, 0.717) is 0 Å². The molecule has 4 heteroatoms. The average Bonchev–Trinajstić information content (AvgIpc) is 2.91. The Morgan fingerprint density at radius 3 is 2.79 bits per heavy atom. The molecule has 1 aliphatic rings. The molecule has 3 rings (SSSR count). The number of carbonyl (C=O) groups excluding carboxylic acids is 1. The van der Waals surface area contributed by atoms with Gasteiger partial charge < -0.3 is 15.4 Å². The van der Waals surface area contributed by atoms with Crippen LogP contribution in [-0.2, 0) is 4.74 Å². The molecule has 0 saturated carbocycles. The van der Waals surface area contributed by atoms with Crippen LogP contribution >= 0.6 is 0 Å². The number of hydrogen-bond donors (Lipinski definition) is 2. The second-order valence-electron chi connectivity index (χ2n) is 4.66. The second-order valence-corrected chi connectivity index (χ2v) is 4.66. The zero-order valence-corrected chi connectivity index (χ0v) is 10.6. The van der Waals surface area contributed by atoms with Gasteiger partial charge in [-0.05, 0) is 35.7 Å². The summed E-state index contributed by atoms with van der Waals surface area (Å²) in [6, 6.07) is 13.7. The van der Waals surface area contributed by atoms with Crippen molar-refractivity contribution < 1.29 is 9.53 Å². The summed E-state index contributed by atoms with van der Waals surface area (Å²) in [7, 11) is 0. The monoisotopic (exact) mass is 256 g/mol. The molecule has 2 amide bonds. The van der Waals surface area contributed by atoms with Crippen molar-refractivity contribution >= 4 is 22.5 Å². The molecule has 1 saturated heterocycles. The van der Waals surface area contributed by atoms with Crippen LogP contribution < -0.4 is 10.6 Å². The highest BCUT2D eigenvalue weighted by Gasteiger charge is 2.17. The quantitative estimate of drug-likeness (QED) is 0.867. The number of benzene rings is 2. The molecule has 0 radical (unpaired) electrons. The van der Waals surface area contributed by atoms with E-state index >= 15 is 0 Å². The van der Waals surface area contributed by atoms with Gasteiger partial charge in [-0.15, -0.1) is 0 Å². The van der Waals surface area contributed by atoms with Crippen LogP contribution in [0.25, 0.3) is 10.8 Å². The fourth-order valence-electron chi connectivity index (χ4n) is 2.27. The van der Waals surface area contributed by atoms with Gasteiger partial charge in [-0.2, -0.15) is 0 Å². The highest BCUT2D eigenvalue weighted by atomic mass is 16.5. The van der Waals surface area contributed by atoms with Crippen molar-refractivity contribution in [3.63, 3.8) is 0 Å². The maximum Gasteiger partial charge on any atom is 0.321 e. The summed E-state index contributed by atoms with van der Waals surface area (Å²) in [5.41, 5.74) is 0.786. The fourth-order valence-corrected chi connectivity index (χ4v) is 2.27. The van der Waals surface area contributed by atoms with Crippen molar-refractivity contribution in [2.45, 2.75) is 19.1 Å². The molecule has 0 aromatic heterocycles. The Hall–Kier alpha value is -2.07. The number of carbonyl (C=O) groups is 1. The summed E-state index contributed by atoms with van der Waals surface area (Å²) in [5.74, 6) is 0. The van der Waals surface area contributed by atoms with Gasteiger partial charge in [-0.25, -0.2) is 4.79 Å². The van der Waals surface area contributed by atoms with E-state index in [1.165, 1.54) is 0 Å². The minimum absolute atomic E-state index is 0.152. The molecule has 1 atom stereocenters. The second kappa shape index (κ2) is 5.28. The van der Waals surface area contributed by atoms with Gasteiger partial charge in [0.05, 0.1) is 0 Å². The Kier molecular flexibility index (Phi) is 3.33. The molecule has 2 N–H and O–H groups in total. The third kappa shape index (κ3) is 2.85. The largest absolute Gasteiger partial charge is 0.358 e. The molecule has 0 aliphatic carbocycles. The number of hydrogen-bond acceptors (Lipinski definition) is 2. The van der Waals surface area contributed by atoms with E-state index in [-0.39, 0.29) is 12.3 Å². The van der Waals surface area contributed by atoms with Crippen molar-refractivity contribution in [3.8, 4) is 0 Å². The van der Waals surface area contributed by atoms with Gasteiger partial charge in [-0.1, -0.05) is 30.3 Å². The van der Waals surface area contributed by atoms with Crippen LogP contribution in [0, 0.1) is 0 Å². The lowest BCUT2D eigenvalue weighted by Gasteiger charge is -2.13. The standard InChI is InChI=1S/C15H16N2O2/c18-15(17-14-6-3-9-19-14)16-13-8-7-11-4-1-2-5-12(11)10-13/h1-2,4-5,7-8,10,14H,3,6,9H2,(H2,16,17,18). The van der Waals surface area contributed by atoms with Crippen LogP contribution in [0.2, 0.25) is 0 Å². The van der Waals surface area contributed by atoms with Gasteiger partial charge in [0.2, 0.25) is 0 Å². The smallest absolute Gasteiger partial charge is 0.321 e. The summed E-state index contributed by atoms with van der Waals surface area (Å²) in [5, 5.41) is 7.90. The van der Waals surface area contributed by atoms with Crippen LogP contribution in [-0.4, -0.2) is 18.9 Å². The summed E-state index contributed by atoms with van der Waals surface area (Å²) in [6.07, 6.45) is 1.73. The molecule has 0 bridgehead atoms. The molecule has 2 aromatic carbocycles. The first-order chi connectivity index (χ1) is 9.31. The molecule has 1 fully saturated rings. The summed E-state index contributed by atoms with van der Waals surface area (Å²) in [4.78, 5) is 11.8. The highest BCUT2D eigenvalue weighted by molar-refractivity contribution is 5.93. The lowest BCUT2D eigenvalue weighted by Crippen LogP contribution is -2.37. The number of ether oxygens (including phenoxy) is 1. The molecule has 4 nitrogen and oxygen atoms in total.